The topological polar surface area (TPSA) is 24.1 Å². The van der Waals surface area contributed by atoms with E-state index < -0.39 is 0 Å². The SMILES string of the molecule is c1cc2c(cc1CC1CCCN1)NCCS2. The monoisotopic (exact) mass is 234 g/mol. The van der Waals surface area contributed by atoms with Crippen LogP contribution >= 0.6 is 11.8 Å². The van der Waals surface area contributed by atoms with E-state index in [9.17, 15) is 0 Å². The lowest BCUT2D eigenvalue weighted by atomic mass is 10.0. The second-order valence-corrected chi connectivity index (χ2v) is 5.74. The molecular formula is C13H18N2S. The number of benzene rings is 1. The van der Waals surface area contributed by atoms with Gasteiger partial charge in [-0.25, -0.2) is 0 Å². The van der Waals surface area contributed by atoms with Crippen molar-refractivity contribution in [3.05, 3.63) is 23.8 Å². The largest absolute Gasteiger partial charge is 0.383 e. The number of fused-ring (bicyclic) bond motifs is 1. The van der Waals surface area contributed by atoms with Gasteiger partial charge in [0.2, 0.25) is 0 Å². The predicted octanol–water partition coefficient (Wildman–Crippen LogP) is 2.50. The summed E-state index contributed by atoms with van der Waals surface area (Å²) in [6.07, 6.45) is 3.85. The number of rotatable bonds is 2. The third-order valence-corrected chi connectivity index (χ3v) is 4.44. The lowest BCUT2D eigenvalue weighted by Crippen LogP contribution is -2.23. The smallest absolute Gasteiger partial charge is 0.0481 e. The van der Waals surface area contributed by atoms with E-state index in [0.29, 0.717) is 6.04 Å². The molecule has 0 bridgehead atoms. The molecule has 1 atom stereocenters. The lowest BCUT2D eigenvalue weighted by Gasteiger charge is -2.19. The lowest BCUT2D eigenvalue weighted by molar-refractivity contribution is 0.603. The molecule has 16 heavy (non-hydrogen) atoms. The van der Waals surface area contributed by atoms with Crippen LogP contribution in [0.1, 0.15) is 18.4 Å². The van der Waals surface area contributed by atoms with Gasteiger partial charge in [0.05, 0.1) is 0 Å². The summed E-state index contributed by atoms with van der Waals surface area (Å²) in [5.41, 5.74) is 2.81. The Labute approximate surface area is 101 Å². The van der Waals surface area contributed by atoms with Crippen LogP contribution in [0.15, 0.2) is 23.1 Å². The van der Waals surface area contributed by atoms with Crippen LogP contribution in [0.2, 0.25) is 0 Å². The second-order valence-electron chi connectivity index (χ2n) is 4.60. The van der Waals surface area contributed by atoms with Crippen LogP contribution in [0.5, 0.6) is 0 Å². The molecule has 1 aromatic rings. The molecule has 0 saturated carbocycles. The maximum atomic E-state index is 3.56. The number of nitrogens with one attached hydrogen (secondary N) is 2. The van der Waals surface area contributed by atoms with Gasteiger partial charge in [0, 0.05) is 28.9 Å². The molecule has 2 heterocycles. The van der Waals surface area contributed by atoms with Gasteiger partial charge in [-0.2, -0.15) is 0 Å². The van der Waals surface area contributed by atoms with E-state index in [2.05, 4.69) is 28.8 Å². The summed E-state index contributed by atoms with van der Waals surface area (Å²) < 4.78 is 0. The van der Waals surface area contributed by atoms with Crippen molar-refractivity contribution in [3.8, 4) is 0 Å². The first kappa shape index (κ1) is 10.5. The van der Waals surface area contributed by atoms with Gasteiger partial charge in [0.25, 0.3) is 0 Å². The summed E-state index contributed by atoms with van der Waals surface area (Å²) in [6.45, 7) is 2.30. The standard InChI is InChI=1S/C13H18N2S/c1-2-11(14-5-1)8-10-3-4-13-12(9-10)15-6-7-16-13/h3-4,9,11,14-15H,1-2,5-8H2. The van der Waals surface area contributed by atoms with Crippen molar-refractivity contribution < 1.29 is 0 Å². The first-order valence-electron chi connectivity index (χ1n) is 6.15. The molecule has 86 valence electrons. The van der Waals surface area contributed by atoms with Crippen LogP contribution < -0.4 is 10.6 Å². The van der Waals surface area contributed by atoms with Gasteiger partial charge in [0.1, 0.15) is 0 Å². The highest BCUT2D eigenvalue weighted by Crippen LogP contribution is 2.31. The minimum absolute atomic E-state index is 0.703. The van der Waals surface area contributed by atoms with Crippen LogP contribution in [0.3, 0.4) is 0 Å². The highest BCUT2D eigenvalue weighted by atomic mass is 32.2. The van der Waals surface area contributed by atoms with E-state index in [-0.39, 0.29) is 0 Å². The van der Waals surface area contributed by atoms with Crippen LogP contribution in [0, 0.1) is 0 Å². The highest BCUT2D eigenvalue weighted by Gasteiger charge is 2.15. The second kappa shape index (κ2) is 4.68. The summed E-state index contributed by atoms with van der Waals surface area (Å²) in [5.74, 6) is 1.19. The Kier molecular flexibility index (Phi) is 3.06. The van der Waals surface area contributed by atoms with Gasteiger partial charge in [0.15, 0.2) is 0 Å². The molecule has 3 heteroatoms. The average molecular weight is 234 g/mol. The summed E-state index contributed by atoms with van der Waals surface area (Å²) in [6, 6.07) is 7.60. The summed E-state index contributed by atoms with van der Waals surface area (Å²) in [7, 11) is 0. The zero-order valence-corrected chi connectivity index (χ0v) is 10.3. The summed E-state index contributed by atoms with van der Waals surface area (Å²) in [4.78, 5) is 1.41. The molecule has 0 aromatic heterocycles. The van der Waals surface area contributed by atoms with E-state index in [1.807, 2.05) is 11.8 Å². The van der Waals surface area contributed by atoms with Crippen molar-refractivity contribution in [2.24, 2.45) is 0 Å². The van der Waals surface area contributed by atoms with Gasteiger partial charge in [-0.15, -0.1) is 11.8 Å². The molecule has 2 aliphatic rings. The fraction of sp³-hybridized carbons (Fsp3) is 0.538. The molecule has 1 saturated heterocycles. The molecule has 1 unspecified atom stereocenters. The van der Waals surface area contributed by atoms with E-state index in [4.69, 9.17) is 0 Å². The Morgan fingerprint density at radius 3 is 3.19 bits per heavy atom. The molecular weight excluding hydrogens is 216 g/mol. The summed E-state index contributed by atoms with van der Waals surface area (Å²) in [5, 5.41) is 7.05. The average Bonchev–Trinajstić information content (AvgIpc) is 2.82. The van der Waals surface area contributed by atoms with Crippen molar-refractivity contribution >= 4 is 17.4 Å². The quantitative estimate of drug-likeness (QED) is 0.822. The van der Waals surface area contributed by atoms with E-state index in [1.165, 1.54) is 47.7 Å². The fourth-order valence-corrected chi connectivity index (χ4v) is 3.41. The van der Waals surface area contributed by atoms with Gasteiger partial charge < -0.3 is 10.6 Å². The molecule has 0 aliphatic carbocycles. The molecule has 1 aromatic carbocycles. The first-order valence-corrected chi connectivity index (χ1v) is 7.13. The van der Waals surface area contributed by atoms with Gasteiger partial charge in [-0.1, -0.05) is 6.07 Å². The molecule has 2 nitrogen and oxygen atoms in total. The van der Waals surface area contributed by atoms with Gasteiger partial charge >= 0.3 is 0 Å². The first-order chi connectivity index (χ1) is 7.92. The van der Waals surface area contributed by atoms with Gasteiger partial charge in [-0.3, -0.25) is 0 Å². The highest BCUT2D eigenvalue weighted by molar-refractivity contribution is 7.99. The Balaban J connectivity index is 1.74. The third kappa shape index (κ3) is 2.20. The number of thioether (sulfide) groups is 1. The Hall–Kier alpha value is -0.670. The van der Waals surface area contributed by atoms with E-state index >= 15 is 0 Å². The van der Waals surface area contributed by atoms with Crippen LogP contribution in [-0.4, -0.2) is 24.9 Å². The third-order valence-electron chi connectivity index (χ3n) is 3.36. The number of anilines is 1. The normalized spacial score (nSPS) is 23.9. The molecule has 2 N–H and O–H groups in total. The fourth-order valence-electron chi connectivity index (χ4n) is 2.53. The Morgan fingerprint density at radius 1 is 1.31 bits per heavy atom. The zero-order chi connectivity index (χ0) is 10.8. The molecule has 2 aliphatic heterocycles. The molecule has 1 fully saturated rings. The minimum atomic E-state index is 0.703. The van der Waals surface area contributed by atoms with Crippen LogP contribution in [0.4, 0.5) is 5.69 Å². The number of hydrogen-bond donors (Lipinski definition) is 2. The molecule has 0 amide bonds. The predicted molar refractivity (Wildman–Crippen MR) is 70.4 cm³/mol. The van der Waals surface area contributed by atoms with Gasteiger partial charge in [-0.05, 0) is 43.5 Å². The van der Waals surface area contributed by atoms with Crippen molar-refractivity contribution in [3.63, 3.8) is 0 Å². The molecule has 0 radical (unpaired) electrons. The minimum Gasteiger partial charge on any atom is -0.383 e. The van der Waals surface area contributed by atoms with E-state index in [0.717, 1.165) is 6.54 Å². The van der Waals surface area contributed by atoms with Crippen molar-refractivity contribution in [2.45, 2.75) is 30.2 Å². The van der Waals surface area contributed by atoms with E-state index in [1.54, 1.807) is 0 Å². The molecule has 3 rings (SSSR count). The Morgan fingerprint density at radius 2 is 2.31 bits per heavy atom. The number of hydrogen-bond acceptors (Lipinski definition) is 3. The maximum Gasteiger partial charge on any atom is 0.0481 e. The molecule has 0 spiro atoms. The Bertz CT molecular complexity index is 372. The summed E-state index contributed by atoms with van der Waals surface area (Å²) >= 11 is 1.96. The van der Waals surface area contributed by atoms with Crippen LogP contribution in [0.25, 0.3) is 0 Å². The zero-order valence-electron chi connectivity index (χ0n) is 9.46. The van der Waals surface area contributed by atoms with Crippen LogP contribution in [-0.2, 0) is 6.42 Å². The maximum absolute atomic E-state index is 3.56. The van der Waals surface area contributed by atoms with Crippen molar-refractivity contribution in [1.29, 1.82) is 0 Å². The van der Waals surface area contributed by atoms with Crippen molar-refractivity contribution in [2.75, 3.05) is 24.2 Å². The van der Waals surface area contributed by atoms with Crippen molar-refractivity contribution in [1.82, 2.24) is 5.32 Å².